The minimum Gasteiger partial charge on any atom is -0.396 e. The molecule has 0 saturated heterocycles. The molecule has 1 N–H and O–H groups in total. The Morgan fingerprint density at radius 3 is 2.60 bits per heavy atom. The average molecular weight is 206 g/mol. The average Bonchev–Trinajstić information content (AvgIpc) is 3.00. The van der Waals surface area contributed by atoms with Crippen LogP contribution >= 0.6 is 0 Å². The third-order valence-corrected chi connectivity index (χ3v) is 3.27. The Morgan fingerprint density at radius 2 is 2.20 bits per heavy atom. The number of nitrogens with zero attached hydrogens (tertiary/aromatic N) is 2. The summed E-state index contributed by atoms with van der Waals surface area (Å²) in [5.41, 5.74) is 1.12. The van der Waals surface area contributed by atoms with Gasteiger partial charge >= 0.3 is 0 Å². The molecule has 1 aliphatic carbocycles. The lowest BCUT2D eigenvalue weighted by Gasteiger charge is -2.30. The van der Waals surface area contributed by atoms with E-state index in [4.69, 9.17) is 0 Å². The summed E-state index contributed by atoms with van der Waals surface area (Å²) in [6.07, 6.45) is 4.02. The van der Waals surface area contributed by atoms with Crippen molar-refractivity contribution in [3.05, 3.63) is 30.1 Å². The molecule has 82 valence electrons. The quantitative estimate of drug-likeness (QED) is 0.810. The molecular weight excluding hydrogens is 188 g/mol. The fraction of sp³-hybridized carbons (Fsp3) is 0.583. The molecule has 0 amide bonds. The van der Waals surface area contributed by atoms with Crippen LogP contribution in [0, 0.1) is 5.41 Å². The summed E-state index contributed by atoms with van der Waals surface area (Å²) in [6, 6.07) is 6.21. The lowest BCUT2D eigenvalue weighted by molar-refractivity contribution is 0.113. The largest absolute Gasteiger partial charge is 0.396 e. The summed E-state index contributed by atoms with van der Waals surface area (Å²) in [7, 11) is 4.10. The van der Waals surface area contributed by atoms with Crippen LogP contribution in [0.15, 0.2) is 24.4 Å². The molecule has 1 heterocycles. The Hall–Kier alpha value is -0.930. The fourth-order valence-corrected chi connectivity index (χ4v) is 2.34. The van der Waals surface area contributed by atoms with Crippen molar-refractivity contribution >= 4 is 0 Å². The second-order valence-electron chi connectivity index (χ2n) is 4.64. The van der Waals surface area contributed by atoms with Crippen molar-refractivity contribution in [2.45, 2.75) is 18.9 Å². The summed E-state index contributed by atoms with van der Waals surface area (Å²) in [6.45, 7) is 0.256. The van der Waals surface area contributed by atoms with Gasteiger partial charge in [0.05, 0.1) is 18.3 Å². The predicted octanol–water partition coefficient (Wildman–Crippen LogP) is 1.46. The Bertz CT molecular complexity index is 320. The van der Waals surface area contributed by atoms with Crippen LogP contribution in [-0.4, -0.2) is 35.7 Å². The maximum atomic E-state index is 9.48. The van der Waals surface area contributed by atoms with Crippen LogP contribution in [0.3, 0.4) is 0 Å². The fourth-order valence-electron chi connectivity index (χ4n) is 2.34. The predicted molar refractivity (Wildman–Crippen MR) is 59.4 cm³/mol. The Morgan fingerprint density at radius 1 is 1.47 bits per heavy atom. The summed E-state index contributed by atoms with van der Waals surface area (Å²) in [4.78, 5) is 6.56. The molecule has 3 heteroatoms. The van der Waals surface area contributed by atoms with Crippen LogP contribution in [0.1, 0.15) is 24.6 Å². The molecule has 1 unspecified atom stereocenters. The van der Waals surface area contributed by atoms with Gasteiger partial charge in [0.15, 0.2) is 0 Å². The molecule has 1 atom stereocenters. The topological polar surface area (TPSA) is 36.4 Å². The van der Waals surface area contributed by atoms with Gasteiger partial charge < -0.3 is 10.0 Å². The van der Waals surface area contributed by atoms with Gasteiger partial charge in [-0.2, -0.15) is 0 Å². The smallest absolute Gasteiger partial charge is 0.0594 e. The van der Waals surface area contributed by atoms with Gasteiger partial charge in [-0.3, -0.25) is 4.98 Å². The third kappa shape index (κ3) is 1.90. The number of aliphatic hydroxyl groups excluding tert-OH is 1. The lowest BCUT2D eigenvalue weighted by atomic mass is 9.93. The van der Waals surface area contributed by atoms with E-state index in [-0.39, 0.29) is 18.1 Å². The van der Waals surface area contributed by atoms with E-state index in [1.807, 2.05) is 24.4 Å². The molecule has 1 fully saturated rings. The maximum Gasteiger partial charge on any atom is 0.0594 e. The monoisotopic (exact) mass is 206 g/mol. The zero-order chi connectivity index (χ0) is 10.9. The van der Waals surface area contributed by atoms with E-state index >= 15 is 0 Å². The zero-order valence-electron chi connectivity index (χ0n) is 9.35. The van der Waals surface area contributed by atoms with E-state index in [9.17, 15) is 5.11 Å². The van der Waals surface area contributed by atoms with E-state index in [0.29, 0.717) is 0 Å². The van der Waals surface area contributed by atoms with Gasteiger partial charge in [0.1, 0.15) is 0 Å². The van der Waals surface area contributed by atoms with Gasteiger partial charge in [-0.15, -0.1) is 0 Å². The Kier molecular flexibility index (Phi) is 2.76. The summed E-state index contributed by atoms with van der Waals surface area (Å²) >= 11 is 0. The summed E-state index contributed by atoms with van der Waals surface area (Å²) in [5.74, 6) is 0. The molecule has 2 rings (SSSR count). The van der Waals surface area contributed by atoms with E-state index < -0.39 is 0 Å². The molecule has 3 nitrogen and oxygen atoms in total. The van der Waals surface area contributed by atoms with Crippen molar-refractivity contribution in [2.75, 3.05) is 20.7 Å². The number of hydrogen-bond donors (Lipinski definition) is 1. The normalized spacial score (nSPS) is 20.3. The maximum absolute atomic E-state index is 9.48. The van der Waals surface area contributed by atoms with E-state index in [2.05, 4.69) is 24.0 Å². The first-order chi connectivity index (χ1) is 7.19. The van der Waals surface area contributed by atoms with Crippen molar-refractivity contribution < 1.29 is 5.11 Å². The van der Waals surface area contributed by atoms with Crippen LogP contribution in [0.25, 0.3) is 0 Å². The first kappa shape index (κ1) is 10.6. The first-order valence-corrected chi connectivity index (χ1v) is 5.38. The van der Waals surface area contributed by atoms with Crippen molar-refractivity contribution in [3.63, 3.8) is 0 Å². The molecule has 1 saturated carbocycles. The van der Waals surface area contributed by atoms with E-state index in [1.165, 1.54) is 0 Å². The minimum atomic E-state index is 0.0534. The number of aliphatic hydroxyl groups is 1. The van der Waals surface area contributed by atoms with Crippen LogP contribution in [0.4, 0.5) is 0 Å². The number of aromatic nitrogens is 1. The summed E-state index contributed by atoms with van der Waals surface area (Å²) in [5, 5.41) is 9.48. The van der Waals surface area contributed by atoms with Crippen molar-refractivity contribution in [2.24, 2.45) is 5.41 Å². The van der Waals surface area contributed by atoms with Gasteiger partial charge in [-0.05, 0) is 39.1 Å². The molecule has 0 spiro atoms. The van der Waals surface area contributed by atoms with Gasteiger partial charge in [-0.1, -0.05) is 6.07 Å². The van der Waals surface area contributed by atoms with Crippen LogP contribution in [0.2, 0.25) is 0 Å². The van der Waals surface area contributed by atoms with Gasteiger partial charge in [0.2, 0.25) is 0 Å². The molecule has 0 radical (unpaired) electrons. The molecule has 1 aromatic rings. The summed E-state index contributed by atoms with van der Waals surface area (Å²) < 4.78 is 0. The van der Waals surface area contributed by atoms with Crippen LogP contribution in [0.5, 0.6) is 0 Å². The second kappa shape index (κ2) is 3.91. The highest BCUT2D eigenvalue weighted by molar-refractivity contribution is 5.17. The molecule has 15 heavy (non-hydrogen) atoms. The van der Waals surface area contributed by atoms with Crippen molar-refractivity contribution in [1.82, 2.24) is 9.88 Å². The lowest BCUT2D eigenvalue weighted by Crippen LogP contribution is -2.31. The highest BCUT2D eigenvalue weighted by Crippen LogP contribution is 2.55. The van der Waals surface area contributed by atoms with Crippen molar-refractivity contribution in [1.29, 1.82) is 0 Å². The standard InChI is InChI=1S/C12H18N2O/c1-14(2)11(12(9-15)6-7-12)10-5-3-4-8-13-10/h3-5,8,11,15H,6-7,9H2,1-2H3. The second-order valence-corrected chi connectivity index (χ2v) is 4.64. The molecule has 0 aliphatic heterocycles. The van der Waals surface area contributed by atoms with Gasteiger partial charge in [0.25, 0.3) is 0 Å². The number of pyridine rings is 1. The minimum absolute atomic E-state index is 0.0534. The zero-order valence-corrected chi connectivity index (χ0v) is 9.35. The van der Waals surface area contributed by atoms with E-state index in [0.717, 1.165) is 18.5 Å². The Labute approximate surface area is 90.8 Å². The number of rotatable bonds is 4. The molecule has 1 aromatic heterocycles. The SMILES string of the molecule is CN(C)C(c1ccccn1)C1(CO)CC1. The van der Waals surface area contributed by atoms with E-state index in [1.54, 1.807) is 0 Å². The molecule has 0 bridgehead atoms. The first-order valence-electron chi connectivity index (χ1n) is 5.38. The molecule has 0 aromatic carbocycles. The molecular formula is C12H18N2O. The van der Waals surface area contributed by atoms with Gasteiger partial charge in [0, 0.05) is 11.6 Å². The third-order valence-electron chi connectivity index (χ3n) is 3.27. The highest BCUT2D eigenvalue weighted by atomic mass is 16.3. The van der Waals surface area contributed by atoms with Gasteiger partial charge in [-0.25, -0.2) is 0 Å². The molecule has 1 aliphatic rings. The van der Waals surface area contributed by atoms with Crippen LogP contribution in [-0.2, 0) is 0 Å². The number of hydrogen-bond acceptors (Lipinski definition) is 3. The van der Waals surface area contributed by atoms with Crippen molar-refractivity contribution in [3.8, 4) is 0 Å². The van der Waals surface area contributed by atoms with Crippen LogP contribution < -0.4 is 0 Å². The Balaban J connectivity index is 2.29. The highest BCUT2D eigenvalue weighted by Gasteiger charge is 2.50.